The molecular weight excluding hydrogens is 407 g/mol. The van der Waals surface area contributed by atoms with Crippen molar-refractivity contribution in [1.82, 2.24) is 0 Å². The van der Waals surface area contributed by atoms with Gasteiger partial charge in [0.2, 0.25) is 0 Å². The Morgan fingerprint density at radius 2 is 0.583 bits per heavy atom. The number of rotatable bonds is 2. The van der Waals surface area contributed by atoms with Gasteiger partial charge in [0, 0.05) is 22.4 Å². The van der Waals surface area contributed by atoms with Crippen molar-refractivity contribution >= 4 is 0 Å². The number of hydrogen-bond donors (Lipinski definition) is 0. The maximum atomic E-state index is 6.26. The fourth-order valence-corrected chi connectivity index (χ4v) is 0. The SMILES string of the molecule is [Au].[Cl-].[Cl-].[Cl-].[NH-]CC[NH-].[NH-]CC[NH-]. The molecule has 0 aliphatic heterocycles. The van der Waals surface area contributed by atoms with E-state index in [1.807, 2.05) is 0 Å². The van der Waals surface area contributed by atoms with Crippen LogP contribution in [0.3, 0.4) is 0 Å². The number of hydrogen-bond acceptors (Lipinski definition) is 0. The fourth-order valence-electron chi connectivity index (χ4n) is 0. The summed E-state index contributed by atoms with van der Waals surface area (Å²) in [5, 5.41) is 0. The van der Waals surface area contributed by atoms with Crippen molar-refractivity contribution in [3.05, 3.63) is 22.9 Å². The smallest absolute Gasteiger partial charge is 0 e. The summed E-state index contributed by atoms with van der Waals surface area (Å²) >= 11 is 0. The molecular formula is C4H12AuCl3N4-7. The van der Waals surface area contributed by atoms with Gasteiger partial charge in [-0.05, 0) is 0 Å². The molecule has 12 heavy (non-hydrogen) atoms. The molecule has 4 nitrogen and oxygen atoms in total. The number of nitrogens with one attached hydrogen (secondary N) is 4. The zero-order chi connectivity index (χ0) is 6.83. The Labute approximate surface area is 108 Å². The van der Waals surface area contributed by atoms with Crippen LogP contribution < -0.4 is 37.2 Å². The molecule has 0 unspecified atom stereocenters. The molecule has 0 aromatic rings. The molecule has 0 aromatic carbocycles. The first-order valence-corrected chi connectivity index (χ1v) is 2.41. The molecule has 0 heterocycles. The molecule has 4 N–H and O–H groups in total. The summed E-state index contributed by atoms with van der Waals surface area (Å²) in [6.07, 6.45) is 0. The summed E-state index contributed by atoms with van der Waals surface area (Å²) in [6.45, 7) is 0.944. The minimum atomic E-state index is 0. The van der Waals surface area contributed by atoms with Crippen molar-refractivity contribution < 1.29 is 59.6 Å². The van der Waals surface area contributed by atoms with Crippen LogP contribution in [0, 0.1) is 0 Å². The van der Waals surface area contributed by atoms with E-state index in [4.69, 9.17) is 22.9 Å². The quantitative estimate of drug-likeness (QED) is 0.398. The van der Waals surface area contributed by atoms with Crippen LogP contribution in [0.5, 0.6) is 0 Å². The van der Waals surface area contributed by atoms with Gasteiger partial charge < -0.3 is 60.2 Å². The van der Waals surface area contributed by atoms with Gasteiger partial charge in [-0.25, -0.2) is 0 Å². The van der Waals surface area contributed by atoms with E-state index in [1.54, 1.807) is 0 Å². The van der Waals surface area contributed by atoms with Gasteiger partial charge in [0.15, 0.2) is 0 Å². The molecule has 0 atom stereocenters. The minimum absolute atomic E-state index is 0. The second-order valence-corrected chi connectivity index (χ2v) is 1.000. The van der Waals surface area contributed by atoms with E-state index in [-0.39, 0.29) is 85.8 Å². The Morgan fingerprint density at radius 1 is 0.500 bits per heavy atom. The first-order valence-electron chi connectivity index (χ1n) is 2.41. The Balaban J connectivity index is -0.0000000112. The Bertz CT molecular complexity index is 30.3. The third-order valence-electron chi connectivity index (χ3n) is 0.250. The average molecular weight is 419 g/mol. The summed E-state index contributed by atoms with van der Waals surface area (Å²) in [6, 6.07) is 0. The molecule has 0 aromatic heterocycles. The van der Waals surface area contributed by atoms with Crippen LogP contribution in [0.25, 0.3) is 22.9 Å². The second kappa shape index (κ2) is 55.0. The molecule has 0 saturated carbocycles. The van der Waals surface area contributed by atoms with E-state index in [0.29, 0.717) is 0 Å². The average Bonchev–Trinajstić information content (AvgIpc) is 1.88. The zero-order valence-corrected chi connectivity index (χ0v) is 10.7. The van der Waals surface area contributed by atoms with E-state index >= 15 is 0 Å². The Morgan fingerprint density at radius 3 is 0.583 bits per heavy atom. The Hall–Kier alpha value is 1.45. The van der Waals surface area contributed by atoms with Crippen molar-refractivity contribution in [3.8, 4) is 0 Å². The summed E-state index contributed by atoms with van der Waals surface area (Å²) < 4.78 is 0. The topological polar surface area (TPSA) is 95.2 Å². The largest absolute Gasteiger partial charge is 1.00 e. The molecule has 8 heteroatoms. The van der Waals surface area contributed by atoms with Gasteiger partial charge in [-0.3, -0.25) is 0 Å². The van der Waals surface area contributed by atoms with Gasteiger partial charge in [0.05, 0.1) is 0 Å². The van der Waals surface area contributed by atoms with Crippen molar-refractivity contribution in [3.63, 3.8) is 0 Å². The predicted octanol–water partition coefficient (Wildman–Crippen LogP) is -6.81. The molecule has 0 fully saturated rings. The zero-order valence-electron chi connectivity index (χ0n) is 6.26. The summed E-state index contributed by atoms with van der Waals surface area (Å²) in [5.74, 6) is 0. The van der Waals surface area contributed by atoms with Gasteiger partial charge >= 0.3 is 0 Å². The first-order chi connectivity index (χ1) is 3.83. The summed E-state index contributed by atoms with van der Waals surface area (Å²) in [7, 11) is 0. The van der Waals surface area contributed by atoms with Crippen LogP contribution in [0.1, 0.15) is 0 Å². The van der Waals surface area contributed by atoms with Crippen LogP contribution in [-0.2, 0) is 22.4 Å². The third-order valence-corrected chi connectivity index (χ3v) is 0.250. The molecule has 0 aliphatic carbocycles. The van der Waals surface area contributed by atoms with Crippen LogP contribution >= 0.6 is 0 Å². The third kappa shape index (κ3) is 105. The molecule has 1 radical (unpaired) electrons. The standard InChI is InChI=1S/2C2H6N2.Au.3ClH/c2*3-1-2-4;;;;/h2*3-4H,1-2H2;;3*1H/q2*-2;;;;/p-3. The molecule has 0 amide bonds. The maximum absolute atomic E-state index is 6.26. The fraction of sp³-hybridized carbons (Fsp3) is 1.00. The maximum Gasteiger partial charge on any atom is 0 e. The van der Waals surface area contributed by atoms with E-state index in [0.717, 1.165) is 0 Å². The van der Waals surface area contributed by atoms with Crippen LogP contribution in [0.2, 0.25) is 0 Å². The molecule has 0 bridgehead atoms. The molecule has 0 spiro atoms. The van der Waals surface area contributed by atoms with E-state index in [2.05, 4.69) is 0 Å². The predicted molar refractivity (Wildman–Crippen MR) is 36.8 cm³/mol. The van der Waals surface area contributed by atoms with Gasteiger partial charge in [-0.2, -0.15) is 26.2 Å². The van der Waals surface area contributed by atoms with Crippen LogP contribution in [0.15, 0.2) is 0 Å². The summed E-state index contributed by atoms with van der Waals surface area (Å²) in [4.78, 5) is 0. The van der Waals surface area contributed by atoms with E-state index in [9.17, 15) is 0 Å². The van der Waals surface area contributed by atoms with Gasteiger partial charge in [0.1, 0.15) is 0 Å². The molecule has 87 valence electrons. The van der Waals surface area contributed by atoms with Crippen molar-refractivity contribution in [1.29, 1.82) is 0 Å². The summed E-state index contributed by atoms with van der Waals surface area (Å²) in [5.41, 5.74) is 25.1. The molecule has 0 saturated heterocycles. The second-order valence-electron chi connectivity index (χ2n) is 1.000. The van der Waals surface area contributed by atoms with Gasteiger partial charge in [-0.1, -0.05) is 0 Å². The van der Waals surface area contributed by atoms with Gasteiger partial charge in [0.25, 0.3) is 0 Å². The molecule has 0 aliphatic rings. The minimum Gasteiger partial charge on any atom is -1.00 e. The van der Waals surface area contributed by atoms with Crippen molar-refractivity contribution in [2.75, 3.05) is 26.2 Å². The first kappa shape index (κ1) is 37.6. The van der Waals surface area contributed by atoms with E-state index in [1.165, 1.54) is 0 Å². The van der Waals surface area contributed by atoms with Crippen molar-refractivity contribution in [2.45, 2.75) is 0 Å². The van der Waals surface area contributed by atoms with Gasteiger partial charge in [-0.15, -0.1) is 0 Å². The molecule has 0 rings (SSSR count). The monoisotopic (exact) mass is 418 g/mol. The van der Waals surface area contributed by atoms with E-state index < -0.39 is 0 Å². The van der Waals surface area contributed by atoms with Crippen LogP contribution in [0.4, 0.5) is 0 Å². The Kier molecular flexibility index (Phi) is 172. The van der Waals surface area contributed by atoms with Crippen LogP contribution in [-0.4, -0.2) is 26.2 Å². The van der Waals surface area contributed by atoms with Crippen molar-refractivity contribution in [2.24, 2.45) is 0 Å². The normalized spacial score (nSPS) is 5.00. The number of halogens is 3.